The third-order valence-corrected chi connectivity index (χ3v) is 3.88. The Bertz CT molecular complexity index is 565. The summed E-state index contributed by atoms with van der Waals surface area (Å²) in [6.45, 7) is 4.91. The van der Waals surface area contributed by atoms with Gasteiger partial charge in [0, 0.05) is 24.2 Å². The van der Waals surface area contributed by atoms with E-state index in [0.717, 1.165) is 24.2 Å². The first kappa shape index (κ1) is 12.0. The van der Waals surface area contributed by atoms with Gasteiger partial charge in [-0.2, -0.15) is 0 Å². The van der Waals surface area contributed by atoms with Gasteiger partial charge >= 0.3 is 0 Å². The fourth-order valence-corrected chi connectivity index (χ4v) is 2.87. The van der Waals surface area contributed by atoms with Crippen LogP contribution in [-0.4, -0.2) is 29.3 Å². The number of nitrogens with one attached hydrogen (secondary N) is 1. The highest BCUT2D eigenvalue weighted by Gasteiger charge is 2.34. The first-order chi connectivity index (χ1) is 9.16. The maximum atomic E-state index is 11.9. The van der Waals surface area contributed by atoms with E-state index in [2.05, 4.69) is 18.0 Å². The molecule has 3 rings (SSSR count). The van der Waals surface area contributed by atoms with Crippen LogP contribution in [-0.2, 0) is 16.0 Å². The van der Waals surface area contributed by atoms with Crippen molar-refractivity contribution in [2.75, 3.05) is 6.54 Å². The minimum Gasteiger partial charge on any atom is -0.359 e. The molecule has 2 aliphatic heterocycles. The summed E-state index contributed by atoms with van der Waals surface area (Å²) < 4.78 is 0. The Labute approximate surface area is 112 Å². The van der Waals surface area contributed by atoms with Gasteiger partial charge in [-0.25, -0.2) is 0 Å². The van der Waals surface area contributed by atoms with Crippen LogP contribution < -0.4 is 5.32 Å². The standard InChI is InChI=1S/C15H16N2O2/c1-10-12-5-3-2-4-11(12)8-9-17(10)13-6-7-14(18)16-15(13)19/h2-5,13H,1,6-9H2,(H,16,18,19)/t13-/m0/s1. The molecule has 1 aromatic rings. The number of piperidine rings is 1. The first-order valence-corrected chi connectivity index (χ1v) is 6.54. The minimum atomic E-state index is -0.265. The second kappa shape index (κ2) is 4.53. The van der Waals surface area contributed by atoms with Crippen molar-refractivity contribution in [3.8, 4) is 0 Å². The van der Waals surface area contributed by atoms with Crippen LogP contribution in [0.15, 0.2) is 30.8 Å². The summed E-state index contributed by atoms with van der Waals surface area (Å²) in [6.07, 6.45) is 1.89. The zero-order chi connectivity index (χ0) is 13.4. The zero-order valence-corrected chi connectivity index (χ0v) is 10.7. The summed E-state index contributed by atoms with van der Waals surface area (Å²) in [5.74, 6) is -0.374. The second-order valence-electron chi connectivity index (χ2n) is 5.01. The van der Waals surface area contributed by atoms with E-state index < -0.39 is 0 Å². The summed E-state index contributed by atoms with van der Waals surface area (Å²) in [5.41, 5.74) is 3.27. The van der Waals surface area contributed by atoms with E-state index in [1.807, 2.05) is 23.1 Å². The lowest BCUT2D eigenvalue weighted by Crippen LogP contribution is -2.52. The van der Waals surface area contributed by atoms with Gasteiger partial charge in [0.05, 0.1) is 0 Å². The third kappa shape index (κ3) is 2.03. The number of fused-ring (bicyclic) bond motifs is 1. The Morgan fingerprint density at radius 2 is 2.00 bits per heavy atom. The molecule has 0 bridgehead atoms. The number of amides is 2. The second-order valence-corrected chi connectivity index (χ2v) is 5.01. The summed E-state index contributed by atoms with van der Waals surface area (Å²) in [5, 5.41) is 2.41. The average molecular weight is 256 g/mol. The van der Waals surface area contributed by atoms with Crippen molar-refractivity contribution >= 4 is 17.5 Å². The Morgan fingerprint density at radius 3 is 2.79 bits per heavy atom. The van der Waals surface area contributed by atoms with Crippen molar-refractivity contribution in [2.24, 2.45) is 0 Å². The highest BCUT2D eigenvalue weighted by atomic mass is 16.2. The van der Waals surface area contributed by atoms with E-state index >= 15 is 0 Å². The van der Waals surface area contributed by atoms with Crippen LogP contribution in [0, 0.1) is 0 Å². The maximum Gasteiger partial charge on any atom is 0.249 e. The Hall–Kier alpha value is -2.10. The van der Waals surface area contributed by atoms with E-state index in [9.17, 15) is 9.59 Å². The Balaban J connectivity index is 1.86. The van der Waals surface area contributed by atoms with Crippen molar-refractivity contribution in [3.63, 3.8) is 0 Å². The van der Waals surface area contributed by atoms with E-state index in [1.165, 1.54) is 5.56 Å². The molecule has 0 saturated carbocycles. The predicted molar refractivity (Wildman–Crippen MR) is 72.1 cm³/mol. The number of imide groups is 1. The normalized spacial score (nSPS) is 23.1. The topological polar surface area (TPSA) is 49.4 Å². The molecule has 2 aliphatic rings. The van der Waals surface area contributed by atoms with E-state index in [-0.39, 0.29) is 17.9 Å². The van der Waals surface area contributed by atoms with Gasteiger partial charge in [-0.1, -0.05) is 30.8 Å². The molecule has 1 fully saturated rings. The zero-order valence-electron chi connectivity index (χ0n) is 10.7. The third-order valence-electron chi connectivity index (χ3n) is 3.88. The highest BCUT2D eigenvalue weighted by Crippen LogP contribution is 2.30. The van der Waals surface area contributed by atoms with Gasteiger partial charge < -0.3 is 4.90 Å². The van der Waals surface area contributed by atoms with Crippen LogP contribution in [0.5, 0.6) is 0 Å². The molecule has 4 nitrogen and oxygen atoms in total. The number of carbonyl (C=O) groups excluding carboxylic acids is 2. The molecule has 0 aromatic heterocycles. The molecule has 98 valence electrons. The molecule has 1 aromatic carbocycles. The molecule has 1 atom stereocenters. The van der Waals surface area contributed by atoms with Crippen LogP contribution in [0.3, 0.4) is 0 Å². The Kier molecular flexibility index (Phi) is 2.85. The quantitative estimate of drug-likeness (QED) is 0.771. The van der Waals surface area contributed by atoms with Crippen molar-refractivity contribution in [2.45, 2.75) is 25.3 Å². The summed E-state index contributed by atoms with van der Waals surface area (Å²) in [4.78, 5) is 25.2. The molecule has 1 N–H and O–H groups in total. The number of rotatable bonds is 1. The molecule has 1 saturated heterocycles. The molecule has 0 unspecified atom stereocenters. The van der Waals surface area contributed by atoms with Crippen molar-refractivity contribution in [1.82, 2.24) is 10.2 Å². The van der Waals surface area contributed by atoms with Crippen LogP contribution in [0.25, 0.3) is 5.70 Å². The fourth-order valence-electron chi connectivity index (χ4n) is 2.87. The first-order valence-electron chi connectivity index (χ1n) is 6.54. The monoisotopic (exact) mass is 256 g/mol. The van der Waals surface area contributed by atoms with Gasteiger partial charge in [0.25, 0.3) is 0 Å². The van der Waals surface area contributed by atoms with Crippen molar-refractivity contribution in [3.05, 3.63) is 42.0 Å². The summed E-state index contributed by atoms with van der Waals surface area (Å²) >= 11 is 0. The molecule has 0 aliphatic carbocycles. The lowest BCUT2D eigenvalue weighted by molar-refractivity contribution is -0.136. The number of nitrogens with zero attached hydrogens (tertiary/aromatic N) is 1. The smallest absolute Gasteiger partial charge is 0.249 e. The highest BCUT2D eigenvalue weighted by molar-refractivity contribution is 6.00. The Morgan fingerprint density at radius 1 is 1.21 bits per heavy atom. The van der Waals surface area contributed by atoms with Gasteiger partial charge in [-0.15, -0.1) is 0 Å². The van der Waals surface area contributed by atoms with Gasteiger partial charge in [0.1, 0.15) is 6.04 Å². The molecule has 2 heterocycles. The number of hydrogen-bond donors (Lipinski definition) is 1. The van der Waals surface area contributed by atoms with E-state index in [0.29, 0.717) is 12.8 Å². The van der Waals surface area contributed by atoms with Crippen LogP contribution in [0.2, 0.25) is 0 Å². The number of hydrogen-bond acceptors (Lipinski definition) is 3. The van der Waals surface area contributed by atoms with Crippen molar-refractivity contribution < 1.29 is 9.59 Å². The molecular formula is C15H16N2O2. The molecule has 0 spiro atoms. The molecule has 4 heteroatoms. The van der Waals surface area contributed by atoms with E-state index in [1.54, 1.807) is 0 Å². The summed E-state index contributed by atoms with van der Waals surface area (Å²) in [7, 11) is 0. The van der Waals surface area contributed by atoms with Crippen LogP contribution in [0.1, 0.15) is 24.0 Å². The molecular weight excluding hydrogens is 240 g/mol. The lowest BCUT2D eigenvalue weighted by Gasteiger charge is -2.39. The van der Waals surface area contributed by atoms with Crippen LogP contribution in [0.4, 0.5) is 0 Å². The number of benzene rings is 1. The van der Waals surface area contributed by atoms with Crippen molar-refractivity contribution in [1.29, 1.82) is 0 Å². The summed E-state index contributed by atoms with van der Waals surface area (Å²) in [6, 6.07) is 7.88. The largest absolute Gasteiger partial charge is 0.359 e. The van der Waals surface area contributed by atoms with E-state index in [4.69, 9.17) is 0 Å². The maximum absolute atomic E-state index is 11.9. The van der Waals surface area contributed by atoms with Gasteiger partial charge in [0.2, 0.25) is 11.8 Å². The molecule has 2 amide bonds. The van der Waals surface area contributed by atoms with Crippen LogP contribution >= 0.6 is 0 Å². The fraction of sp³-hybridized carbons (Fsp3) is 0.333. The molecule has 19 heavy (non-hydrogen) atoms. The van der Waals surface area contributed by atoms with Gasteiger partial charge in [0.15, 0.2) is 0 Å². The molecule has 0 radical (unpaired) electrons. The number of carbonyl (C=O) groups is 2. The minimum absolute atomic E-state index is 0.177. The van der Waals surface area contributed by atoms with Gasteiger partial charge in [-0.05, 0) is 18.4 Å². The SMILES string of the molecule is C=C1c2ccccc2CCN1[C@H]1CCC(=O)NC1=O. The predicted octanol–water partition coefficient (Wildman–Crippen LogP) is 1.32. The average Bonchev–Trinajstić information content (AvgIpc) is 2.41. The lowest BCUT2D eigenvalue weighted by atomic mass is 9.94. The van der Waals surface area contributed by atoms with Gasteiger partial charge in [-0.3, -0.25) is 14.9 Å².